The number of fused-ring (bicyclic) bond motifs is 2. The van der Waals surface area contributed by atoms with Gasteiger partial charge < -0.3 is 5.32 Å². The lowest BCUT2D eigenvalue weighted by atomic mass is 9.84. The van der Waals surface area contributed by atoms with Gasteiger partial charge in [-0.3, -0.25) is 4.90 Å². The predicted octanol–water partition coefficient (Wildman–Crippen LogP) is 5.97. The minimum atomic E-state index is 0. The van der Waals surface area contributed by atoms with Crippen molar-refractivity contribution in [3.05, 3.63) is 60.2 Å². The summed E-state index contributed by atoms with van der Waals surface area (Å²) in [6, 6.07) is 21.0. The van der Waals surface area contributed by atoms with E-state index in [2.05, 4.69) is 64.8 Å². The molecule has 150 valence electrons. The molecule has 2 fully saturated rings. The van der Waals surface area contributed by atoms with Crippen LogP contribution in [0.5, 0.6) is 0 Å². The van der Waals surface area contributed by atoms with Crippen LogP contribution in [0.2, 0.25) is 0 Å². The zero-order valence-electron chi connectivity index (χ0n) is 16.3. The van der Waals surface area contributed by atoms with Gasteiger partial charge in [0.05, 0.1) is 0 Å². The van der Waals surface area contributed by atoms with E-state index in [4.69, 9.17) is 0 Å². The zero-order chi connectivity index (χ0) is 17.3. The van der Waals surface area contributed by atoms with Crippen molar-refractivity contribution in [3.63, 3.8) is 0 Å². The number of hydrogen-bond donors (Lipinski definition) is 1. The predicted molar refractivity (Wildman–Crippen MR) is 125 cm³/mol. The Hall–Kier alpha value is -1.32. The van der Waals surface area contributed by atoms with Crippen molar-refractivity contribution < 1.29 is 0 Å². The molecule has 28 heavy (non-hydrogen) atoms. The van der Waals surface area contributed by atoms with E-state index in [0.717, 1.165) is 19.0 Å². The van der Waals surface area contributed by atoms with Crippen LogP contribution in [-0.4, -0.2) is 31.1 Å². The minimum Gasteiger partial charge on any atom is -0.314 e. The molecule has 0 aromatic heterocycles. The minimum absolute atomic E-state index is 0. The van der Waals surface area contributed by atoms with Gasteiger partial charge >= 0.3 is 0 Å². The number of nitrogens with zero attached hydrogens (tertiary/aromatic N) is 1. The summed E-state index contributed by atoms with van der Waals surface area (Å²) in [5.41, 5.74) is 1.59. The van der Waals surface area contributed by atoms with Gasteiger partial charge in [-0.2, -0.15) is 0 Å². The van der Waals surface area contributed by atoms with Gasteiger partial charge in [0.15, 0.2) is 0 Å². The quantitative estimate of drug-likeness (QED) is 0.528. The van der Waals surface area contributed by atoms with Crippen molar-refractivity contribution in [1.82, 2.24) is 10.2 Å². The summed E-state index contributed by atoms with van der Waals surface area (Å²) in [6.07, 6.45) is 5.56. The number of nitrogens with one attached hydrogen (secondary N) is 1. The van der Waals surface area contributed by atoms with Crippen LogP contribution in [-0.2, 0) is 0 Å². The van der Waals surface area contributed by atoms with Crippen molar-refractivity contribution in [3.8, 4) is 0 Å². The number of halogens is 2. The molecule has 4 heteroatoms. The molecule has 0 unspecified atom stereocenters. The molecule has 2 aliphatic rings. The Morgan fingerprint density at radius 1 is 0.786 bits per heavy atom. The van der Waals surface area contributed by atoms with Crippen LogP contribution in [0.4, 0.5) is 0 Å². The Balaban J connectivity index is 0.00000112. The van der Waals surface area contributed by atoms with Gasteiger partial charge in [-0.05, 0) is 51.9 Å². The first-order valence-corrected chi connectivity index (χ1v) is 10.3. The normalized spacial score (nSPS) is 19.3. The van der Waals surface area contributed by atoms with E-state index in [1.54, 1.807) is 5.56 Å². The summed E-state index contributed by atoms with van der Waals surface area (Å²) in [5.74, 6) is 0.794. The lowest BCUT2D eigenvalue weighted by Crippen LogP contribution is -2.46. The summed E-state index contributed by atoms with van der Waals surface area (Å²) in [5, 5.41) is 9.24. The summed E-state index contributed by atoms with van der Waals surface area (Å²) < 4.78 is 0. The molecule has 1 aliphatic carbocycles. The first kappa shape index (κ1) is 21.4. The van der Waals surface area contributed by atoms with E-state index < -0.39 is 0 Å². The average Bonchev–Trinajstić information content (AvgIpc) is 3.23. The molecule has 1 saturated heterocycles. The Morgan fingerprint density at radius 2 is 1.32 bits per heavy atom. The van der Waals surface area contributed by atoms with Crippen molar-refractivity contribution in [2.75, 3.05) is 26.2 Å². The van der Waals surface area contributed by atoms with Crippen molar-refractivity contribution in [2.45, 2.75) is 31.7 Å². The Bertz CT molecular complexity index is 861. The maximum absolute atomic E-state index is 3.54. The number of benzene rings is 3. The molecule has 0 spiro atoms. The second-order valence-electron chi connectivity index (χ2n) is 8.01. The fourth-order valence-electron chi connectivity index (χ4n) is 5.32. The molecule has 0 bridgehead atoms. The van der Waals surface area contributed by atoms with Crippen molar-refractivity contribution in [1.29, 1.82) is 0 Å². The highest BCUT2D eigenvalue weighted by molar-refractivity contribution is 6.02. The lowest BCUT2D eigenvalue weighted by Gasteiger charge is -2.39. The second kappa shape index (κ2) is 9.45. The first-order valence-electron chi connectivity index (χ1n) is 10.3. The van der Waals surface area contributed by atoms with Gasteiger partial charge in [0.1, 0.15) is 0 Å². The Labute approximate surface area is 180 Å². The van der Waals surface area contributed by atoms with Crippen molar-refractivity contribution in [2.24, 2.45) is 5.92 Å². The Morgan fingerprint density at radius 3 is 1.89 bits per heavy atom. The highest BCUT2D eigenvalue weighted by Crippen LogP contribution is 2.44. The molecule has 1 aliphatic heterocycles. The smallest absolute Gasteiger partial charge is 0.0389 e. The standard InChI is InChI=1S/C24H28N2.2ClH/c1-2-8-18(7-1)24(26-15-13-25-14-16-26)23-21-11-5-3-9-19(21)17-20-10-4-6-12-22(20)23;;/h3-6,9-12,17-18,24-25H,1-2,7-8,13-16H2;2*1H/t24-;;/m0../s1. The van der Waals surface area contributed by atoms with E-state index in [-0.39, 0.29) is 24.8 Å². The molecule has 3 aromatic rings. The Kier molecular flexibility index (Phi) is 7.22. The van der Waals surface area contributed by atoms with E-state index in [0.29, 0.717) is 6.04 Å². The molecule has 1 saturated carbocycles. The highest BCUT2D eigenvalue weighted by atomic mass is 35.5. The van der Waals surface area contributed by atoms with E-state index in [1.807, 2.05) is 0 Å². The first-order chi connectivity index (χ1) is 12.9. The van der Waals surface area contributed by atoms with Crippen molar-refractivity contribution >= 4 is 46.4 Å². The number of piperazine rings is 1. The summed E-state index contributed by atoms with van der Waals surface area (Å²) in [4.78, 5) is 2.78. The highest BCUT2D eigenvalue weighted by Gasteiger charge is 2.33. The van der Waals surface area contributed by atoms with Crippen LogP contribution in [0.15, 0.2) is 54.6 Å². The molecule has 0 amide bonds. The monoisotopic (exact) mass is 416 g/mol. The third-order valence-electron chi connectivity index (χ3n) is 6.50. The molecule has 1 N–H and O–H groups in total. The fourth-order valence-corrected chi connectivity index (χ4v) is 5.32. The molecule has 0 radical (unpaired) electrons. The largest absolute Gasteiger partial charge is 0.314 e. The lowest BCUT2D eigenvalue weighted by molar-refractivity contribution is 0.127. The average molecular weight is 417 g/mol. The van der Waals surface area contributed by atoms with Gasteiger partial charge in [0.2, 0.25) is 0 Å². The van der Waals surface area contributed by atoms with Crippen LogP contribution in [0.25, 0.3) is 21.5 Å². The molecular weight excluding hydrogens is 387 g/mol. The zero-order valence-corrected chi connectivity index (χ0v) is 17.9. The third kappa shape index (κ3) is 3.89. The van der Waals surface area contributed by atoms with Crippen LogP contribution in [0.3, 0.4) is 0 Å². The third-order valence-corrected chi connectivity index (χ3v) is 6.50. The van der Waals surface area contributed by atoms with E-state index >= 15 is 0 Å². The fraction of sp³-hybridized carbons (Fsp3) is 0.417. The van der Waals surface area contributed by atoms with Crippen LogP contribution >= 0.6 is 24.8 Å². The SMILES string of the molecule is Cl.Cl.c1ccc2c([C@H](C3CCCC3)N3CCNCC3)c3ccccc3cc2c1. The summed E-state index contributed by atoms with van der Waals surface area (Å²) >= 11 is 0. The second-order valence-corrected chi connectivity index (χ2v) is 8.01. The topological polar surface area (TPSA) is 15.3 Å². The maximum Gasteiger partial charge on any atom is 0.0389 e. The van der Waals surface area contributed by atoms with Crippen LogP contribution in [0, 0.1) is 5.92 Å². The molecule has 1 heterocycles. The van der Waals surface area contributed by atoms with E-state index in [1.165, 1.54) is 60.3 Å². The number of rotatable bonds is 3. The van der Waals surface area contributed by atoms with Gasteiger partial charge in [0, 0.05) is 32.2 Å². The summed E-state index contributed by atoms with van der Waals surface area (Å²) in [6.45, 7) is 4.56. The molecular formula is C24H30Cl2N2. The van der Waals surface area contributed by atoms with Crippen LogP contribution in [0.1, 0.15) is 37.3 Å². The van der Waals surface area contributed by atoms with Gasteiger partial charge in [-0.15, -0.1) is 24.8 Å². The van der Waals surface area contributed by atoms with Crippen LogP contribution < -0.4 is 5.32 Å². The van der Waals surface area contributed by atoms with E-state index in [9.17, 15) is 0 Å². The maximum atomic E-state index is 3.54. The molecule has 5 rings (SSSR count). The molecule has 2 nitrogen and oxygen atoms in total. The summed E-state index contributed by atoms with van der Waals surface area (Å²) in [7, 11) is 0. The molecule has 1 atom stereocenters. The molecule has 3 aromatic carbocycles. The van der Waals surface area contributed by atoms with Gasteiger partial charge in [-0.1, -0.05) is 61.4 Å². The van der Waals surface area contributed by atoms with Gasteiger partial charge in [0.25, 0.3) is 0 Å². The number of hydrogen-bond acceptors (Lipinski definition) is 2. The van der Waals surface area contributed by atoms with Gasteiger partial charge in [-0.25, -0.2) is 0 Å².